The molecule has 0 saturated heterocycles. The van der Waals surface area contributed by atoms with Crippen LogP contribution in [0.5, 0.6) is 0 Å². The topological polar surface area (TPSA) is 41.1 Å². The molecular weight excluding hydrogens is 254 g/mol. The highest BCUT2D eigenvalue weighted by molar-refractivity contribution is 7.98. The number of pyridine rings is 2. The van der Waals surface area contributed by atoms with Crippen molar-refractivity contribution in [2.45, 2.75) is 10.6 Å². The molecule has 0 bridgehead atoms. The Bertz CT molecular complexity index is 741. The van der Waals surface area contributed by atoms with Gasteiger partial charge in [-0.1, -0.05) is 6.07 Å². The summed E-state index contributed by atoms with van der Waals surface area (Å²) in [5.74, 6) is 0.786. The van der Waals surface area contributed by atoms with E-state index in [4.69, 9.17) is 0 Å². The van der Waals surface area contributed by atoms with Gasteiger partial charge in [0.2, 0.25) is 0 Å². The summed E-state index contributed by atoms with van der Waals surface area (Å²) in [6, 6.07) is 12.2. The van der Waals surface area contributed by atoms with Crippen molar-refractivity contribution in [2.75, 3.05) is 0 Å². The fraction of sp³-hybridized carbons (Fsp3) is 0.0667. The molecule has 19 heavy (non-hydrogen) atoms. The molecule has 3 aromatic heterocycles. The van der Waals surface area contributed by atoms with Crippen LogP contribution >= 0.6 is 11.8 Å². The molecular formula is C15H11N3S. The summed E-state index contributed by atoms with van der Waals surface area (Å²) in [4.78, 5) is 5.16. The Hall–Kier alpha value is -2.25. The molecule has 0 aliphatic rings. The van der Waals surface area contributed by atoms with Crippen molar-refractivity contribution in [2.24, 2.45) is 0 Å². The number of hydrogen-bond acceptors (Lipinski definition) is 3. The number of rotatable bonds is 3. The van der Waals surface area contributed by atoms with Gasteiger partial charge < -0.3 is 4.40 Å². The van der Waals surface area contributed by atoms with Crippen LogP contribution < -0.4 is 0 Å². The van der Waals surface area contributed by atoms with Crippen LogP contribution in [0.15, 0.2) is 60.0 Å². The van der Waals surface area contributed by atoms with Gasteiger partial charge in [-0.25, -0.2) is 0 Å². The van der Waals surface area contributed by atoms with E-state index < -0.39 is 0 Å². The van der Waals surface area contributed by atoms with Gasteiger partial charge in [-0.2, -0.15) is 5.26 Å². The quantitative estimate of drug-likeness (QED) is 0.681. The van der Waals surface area contributed by atoms with Gasteiger partial charge in [0, 0.05) is 35.4 Å². The number of hydrogen-bond donors (Lipinski definition) is 0. The van der Waals surface area contributed by atoms with Crippen LogP contribution in [0.3, 0.4) is 0 Å². The molecule has 92 valence electrons. The highest BCUT2D eigenvalue weighted by atomic mass is 32.2. The average Bonchev–Trinajstić information content (AvgIpc) is 2.83. The van der Waals surface area contributed by atoms with Crippen LogP contribution in [-0.2, 0) is 5.75 Å². The van der Waals surface area contributed by atoms with Crippen molar-refractivity contribution < 1.29 is 0 Å². The standard InChI is InChI=1S/C15H11N3S/c16-9-14-12(10-18-8-2-1-3-15(14)18)11-19-13-4-6-17-7-5-13/h1-8,10H,11H2. The molecule has 3 aromatic rings. The molecule has 0 aliphatic carbocycles. The van der Waals surface area contributed by atoms with Crippen molar-refractivity contribution in [3.8, 4) is 6.07 Å². The van der Waals surface area contributed by atoms with Crippen LogP contribution in [0.4, 0.5) is 0 Å². The predicted molar refractivity (Wildman–Crippen MR) is 75.9 cm³/mol. The summed E-state index contributed by atoms with van der Waals surface area (Å²) >= 11 is 1.71. The summed E-state index contributed by atoms with van der Waals surface area (Å²) in [6.07, 6.45) is 7.56. The summed E-state index contributed by atoms with van der Waals surface area (Å²) < 4.78 is 2.00. The second kappa shape index (κ2) is 5.17. The Morgan fingerprint density at radius 2 is 2.05 bits per heavy atom. The van der Waals surface area contributed by atoms with E-state index in [9.17, 15) is 5.26 Å². The molecule has 0 saturated carbocycles. The third-order valence-electron chi connectivity index (χ3n) is 2.92. The first kappa shape index (κ1) is 11.8. The number of thioether (sulfide) groups is 1. The zero-order chi connectivity index (χ0) is 13.1. The van der Waals surface area contributed by atoms with Crippen LogP contribution in [0.1, 0.15) is 11.1 Å². The highest BCUT2D eigenvalue weighted by Gasteiger charge is 2.09. The van der Waals surface area contributed by atoms with Gasteiger partial charge >= 0.3 is 0 Å². The number of aromatic nitrogens is 2. The van der Waals surface area contributed by atoms with Gasteiger partial charge in [-0.15, -0.1) is 11.8 Å². The van der Waals surface area contributed by atoms with Crippen molar-refractivity contribution >= 4 is 17.3 Å². The first-order valence-corrected chi connectivity index (χ1v) is 6.88. The average molecular weight is 265 g/mol. The van der Waals surface area contributed by atoms with Crippen molar-refractivity contribution in [1.29, 1.82) is 5.26 Å². The predicted octanol–water partition coefficient (Wildman–Crippen LogP) is 3.50. The molecule has 0 aliphatic heterocycles. The van der Waals surface area contributed by atoms with E-state index in [1.165, 1.54) is 0 Å². The minimum atomic E-state index is 0.766. The van der Waals surface area contributed by atoms with E-state index in [1.807, 2.05) is 47.1 Å². The minimum absolute atomic E-state index is 0.766. The molecule has 3 heterocycles. The van der Waals surface area contributed by atoms with E-state index in [0.717, 1.165) is 27.3 Å². The normalized spacial score (nSPS) is 10.5. The first-order chi connectivity index (χ1) is 9.38. The molecule has 0 aromatic carbocycles. The lowest BCUT2D eigenvalue weighted by Gasteiger charge is -1.99. The molecule has 0 fully saturated rings. The monoisotopic (exact) mass is 265 g/mol. The summed E-state index contributed by atoms with van der Waals surface area (Å²) in [7, 11) is 0. The maximum absolute atomic E-state index is 9.32. The van der Waals surface area contributed by atoms with E-state index in [1.54, 1.807) is 24.2 Å². The highest BCUT2D eigenvalue weighted by Crippen LogP contribution is 2.26. The van der Waals surface area contributed by atoms with Gasteiger partial charge in [0.15, 0.2) is 0 Å². The van der Waals surface area contributed by atoms with Crippen molar-refractivity contribution in [1.82, 2.24) is 9.38 Å². The Morgan fingerprint density at radius 1 is 1.21 bits per heavy atom. The van der Waals surface area contributed by atoms with Gasteiger partial charge in [0.05, 0.1) is 11.1 Å². The Balaban J connectivity index is 1.91. The molecule has 0 N–H and O–H groups in total. The summed E-state index contributed by atoms with van der Waals surface area (Å²) in [5.41, 5.74) is 2.80. The van der Waals surface area contributed by atoms with Crippen LogP contribution in [0.2, 0.25) is 0 Å². The maximum atomic E-state index is 9.32. The SMILES string of the molecule is N#Cc1c(CSc2ccncc2)cn2ccccc12. The molecule has 0 unspecified atom stereocenters. The second-order valence-corrected chi connectivity index (χ2v) is 5.15. The summed E-state index contributed by atoms with van der Waals surface area (Å²) in [5, 5.41) is 9.32. The molecule has 0 amide bonds. The molecule has 0 atom stereocenters. The number of nitrogens with zero attached hydrogens (tertiary/aromatic N) is 3. The fourth-order valence-electron chi connectivity index (χ4n) is 2.01. The fourth-order valence-corrected chi connectivity index (χ4v) is 2.87. The zero-order valence-electron chi connectivity index (χ0n) is 10.2. The van der Waals surface area contributed by atoms with Crippen molar-refractivity contribution in [3.05, 3.63) is 66.2 Å². The van der Waals surface area contributed by atoms with E-state index in [-0.39, 0.29) is 0 Å². The maximum Gasteiger partial charge on any atom is 0.102 e. The molecule has 4 heteroatoms. The van der Waals surface area contributed by atoms with Crippen molar-refractivity contribution in [3.63, 3.8) is 0 Å². The molecule has 0 radical (unpaired) electrons. The third kappa shape index (κ3) is 2.33. The lowest BCUT2D eigenvalue weighted by molar-refractivity contribution is 1.18. The Kier molecular flexibility index (Phi) is 3.21. The molecule has 0 spiro atoms. The minimum Gasteiger partial charge on any atom is -0.322 e. The van der Waals surface area contributed by atoms with E-state index >= 15 is 0 Å². The number of fused-ring (bicyclic) bond motifs is 1. The number of nitriles is 1. The van der Waals surface area contributed by atoms with Gasteiger partial charge in [0.25, 0.3) is 0 Å². The molecule has 3 rings (SSSR count). The second-order valence-electron chi connectivity index (χ2n) is 4.11. The summed E-state index contributed by atoms with van der Waals surface area (Å²) in [6.45, 7) is 0. The smallest absolute Gasteiger partial charge is 0.102 e. The van der Waals surface area contributed by atoms with Gasteiger partial charge in [-0.05, 0) is 29.8 Å². The first-order valence-electron chi connectivity index (χ1n) is 5.90. The largest absolute Gasteiger partial charge is 0.322 e. The van der Waals surface area contributed by atoms with Crippen LogP contribution in [-0.4, -0.2) is 9.38 Å². The zero-order valence-corrected chi connectivity index (χ0v) is 11.0. The Morgan fingerprint density at radius 3 is 2.84 bits per heavy atom. The van der Waals surface area contributed by atoms with Gasteiger partial charge in [-0.3, -0.25) is 4.98 Å². The van der Waals surface area contributed by atoms with E-state index in [0.29, 0.717) is 0 Å². The van der Waals surface area contributed by atoms with Gasteiger partial charge in [0.1, 0.15) is 6.07 Å². The third-order valence-corrected chi connectivity index (χ3v) is 3.98. The van der Waals surface area contributed by atoms with E-state index in [2.05, 4.69) is 11.1 Å². The molecule has 3 nitrogen and oxygen atoms in total. The lowest BCUT2D eigenvalue weighted by atomic mass is 10.2. The van der Waals surface area contributed by atoms with Crippen LogP contribution in [0, 0.1) is 11.3 Å². The van der Waals surface area contributed by atoms with Crippen LogP contribution in [0.25, 0.3) is 5.52 Å². The Labute approximate surface area is 115 Å². The lowest BCUT2D eigenvalue weighted by Crippen LogP contribution is -1.82.